The van der Waals surface area contributed by atoms with E-state index in [1.54, 1.807) is 25.3 Å². The van der Waals surface area contributed by atoms with Crippen molar-refractivity contribution < 1.29 is 9.15 Å². The minimum absolute atomic E-state index is 0.223. The summed E-state index contributed by atoms with van der Waals surface area (Å²) in [5, 5.41) is 1.45. The Morgan fingerprint density at radius 2 is 2.00 bits per heavy atom. The molecule has 0 bridgehead atoms. The monoisotopic (exact) mass is 292 g/mol. The second-order valence-corrected chi connectivity index (χ2v) is 4.95. The van der Waals surface area contributed by atoms with E-state index in [0.29, 0.717) is 28.2 Å². The number of rotatable bonds is 2. The van der Waals surface area contributed by atoms with Crippen molar-refractivity contribution in [3.05, 3.63) is 58.9 Å². The molecule has 5 heteroatoms. The van der Waals surface area contributed by atoms with Gasteiger partial charge in [-0.2, -0.15) is 0 Å². The van der Waals surface area contributed by atoms with E-state index in [9.17, 15) is 4.79 Å². The van der Waals surface area contributed by atoms with Crippen molar-refractivity contribution in [2.24, 2.45) is 0 Å². The molecule has 0 atom stereocenters. The SMILES string of the molecule is COc1ccc2nc(-c3cc4ccccc4o3)[nH]c(=O)c2c1. The molecular weight excluding hydrogens is 280 g/mol. The van der Waals surface area contributed by atoms with Crippen molar-refractivity contribution >= 4 is 21.9 Å². The number of nitrogens with zero attached hydrogens (tertiary/aromatic N) is 1. The van der Waals surface area contributed by atoms with Crippen LogP contribution in [-0.4, -0.2) is 17.1 Å². The predicted octanol–water partition coefficient (Wildman–Crippen LogP) is 3.34. The predicted molar refractivity (Wildman–Crippen MR) is 84.1 cm³/mol. The van der Waals surface area contributed by atoms with Gasteiger partial charge in [0.25, 0.3) is 5.56 Å². The quantitative estimate of drug-likeness (QED) is 0.615. The first-order valence-corrected chi connectivity index (χ1v) is 6.81. The average Bonchev–Trinajstić information content (AvgIpc) is 2.98. The van der Waals surface area contributed by atoms with E-state index >= 15 is 0 Å². The van der Waals surface area contributed by atoms with Gasteiger partial charge >= 0.3 is 0 Å². The molecule has 0 amide bonds. The van der Waals surface area contributed by atoms with E-state index in [0.717, 1.165) is 11.0 Å². The van der Waals surface area contributed by atoms with Crippen LogP contribution in [0.5, 0.6) is 5.75 Å². The van der Waals surface area contributed by atoms with Crippen LogP contribution in [0.1, 0.15) is 0 Å². The van der Waals surface area contributed by atoms with Gasteiger partial charge in [0, 0.05) is 5.39 Å². The van der Waals surface area contributed by atoms with Crippen LogP contribution in [0.2, 0.25) is 0 Å². The van der Waals surface area contributed by atoms with Crippen molar-refractivity contribution in [1.82, 2.24) is 9.97 Å². The van der Waals surface area contributed by atoms with Crippen molar-refractivity contribution in [3.63, 3.8) is 0 Å². The Bertz CT molecular complexity index is 1010. The number of nitrogens with one attached hydrogen (secondary N) is 1. The van der Waals surface area contributed by atoms with E-state index in [4.69, 9.17) is 9.15 Å². The molecule has 0 unspecified atom stereocenters. The molecule has 0 aliphatic rings. The molecule has 0 saturated carbocycles. The summed E-state index contributed by atoms with van der Waals surface area (Å²) in [6.07, 6.45) is 0. The maximum atomic E-state index is 12.3. The molecule has 0 fully saturated rings. The van der Waals surface area contributed by atoms with Gasteiger partial charge in [-0.3, -0.25) is 4.79 Å². The normalized spacial score (nSPS) is 11.1. The van der Waals surface area contributed by atoms with E-state index in [2.05, 4.69) is 9.97 Å². The van der Waals surface area contributed by atoms with Crippen LogP contribution in [0.4, 0.5) is 0 Å². The van der Waals surface area contributed by atoms with Crippen molar-refractivity contribution in [2.75, 3.05) is 7.11 Å². The van der Waals surface area contributed by atoms with E-state index in [1.807, 2.05) is 30.3 Å². The third-order valence-corrected chi connectivity index (χ3v) is 3.57. The van der Waals surface area contributed by atoms with Crippen LogP contribution in [0.3, 0.4) is 0 Å². The highest BCUT2D eigenvalue weighted by Crippen LogP contribution is 2.26. The first kappa shape index (κ1) is 12.6. The number of para-hydroxylation sites is 1. The number of furan rings is 1. The van der Waals surface area contributed by atoms with Crippen molar-refractivity contribution in [3.8, 4) is 17.3 Å². The molecule has 108 valence electrons. The van der Waals surface area contributed by atoms with Gasteiger partial charge in [-0.15, -0.1) is 0 Å². The average molecular weight is 292 g/mol. The first-order valence-electron chi connectivity index (χ1n) is 6.81. The Labute approximate surface area is 125 Å². The Kier molecular flexibility index (Phi) is 2.72. The second kappa shape index (κ2) is 4.73. The Morgan fingerprint density at radius 1 is 1.14 bits per heavy atom. The highest BCUT2D eigenvalue weighted by atomic mass is 16.5. The molecule has 1 N–H and O–H groups in total. The Balaban J connectivity index is 1.93. The Hall–Kier alpha value is -3.08. The van der Waals surface area contributed by atoms with Crippen LogP contribution in [-0.2, 0) is 0 Å². The molecule has 0 aliphatic carbocycles. The summed E-state index contributed by atoms with van der Waals surface area (Å²) in [5.74, 6) is 1.58. The van der Waals surface area contributed by atoms with E-state index < -0.39 is 0 Å². The number of ether oxygens (including phenoxy) is 1. The number of methoxy groups -OCH3 is 1. The van der Waals surface area contributed by atoms with Gasteiger partial charge in [-0.05, 0) is 30.3 Å². The van der Waals surface area contributed by atoms with Crippen LogP contribution < -0.4 is 10.3 Å². The largest absolute Gasteiger partial charge is 0.497 e. The molecule has 4 aromatic rings. The fourth-order valence-electron chi connectivity index (χ4n) is 2.46. The zero-order valence-corrected chi connectivity index (χ0v) is 11.8. The smallest absolute Gasteiger partial charge is 0.259 e. The number of hydrogen-bond donors (Lipinski definition) is 1. The van der Waals surface area contributed by atoms with E-state index in [-0.39, 0.29) is 5.56 Å². The van der Waals surface area contributed by atoms with Gasteiger partial charge in [0.15, 0.2) is 11.6 Å². The molecule has 0 radical (unpaired) electrons. The van der Waals surface area contributed by atoms with Crippen molar-refractivity contribution in [1.29, 1.82) is 0 Å². The molecule has 2 aromatic carbocycles. The van der Waals surface area contributed by atoms with Gasteiger partial charge < -0.3 is 14.1 Å². The molecule has 0 spiro atoms. The molecule has 22 heavy (non-hydrogen) atoms. The summed E-state index contributed by atoms with van der Waals surface area (Å²) in [7, 11) is 1.56. The first-order chi connectivity index (χ1) is 10.7. The summed E-state index contributed by atoms with van der Waals surface area (Å²) in [4.78, 5) is 19.5. The molecular formula is C17H12N2O3. The highest BCUT2D eigenvalue weighted by Gasteiger charge is 2.11. The van der Waals surface area contributed by atoms with Crippen LogP contribution >= 0.6 is 0 Å². The molecule has 0 saturated heterocycles. The lowest BCUT2D eigenvalue weighted by molar-refractivity contribution is 0.415. The maximum Gasteiger partial charge on any atom is 0.259 e. The maximum absolute atomic E-state index is 12.3. The van der Waals surface area contributed by atoms with E-state index in [1.165, 1.54) is 0 Å². The lowest BCUT2D eigenvalue weighted by Gasteiger charge is -2.03. The molecule has 5 nitrogen and oxygen atoms in total. The number of fused-ring (bicyclic) bond motifs is 2. The molecule has 2 aromatic heterocycles. The minimum Gasteiger partial charge on any atom is -0.497 e. The fourth-order valence-corrected chi connectivity index (χ4v) is 2.46. The number of aromatic amines is 1. The number of hydrogen-bond acceptors (Lipinski definition) is 4. The topological polar surface area (TPSA) is 68.1 Å². The lowest BCUT2D eigenvalue weighted by Crippen LogP contribution is -2.09. The Morgan fingerprint density at radius 3 is 2.82 bits per heavy atom. The zero-order chi connectivity index (χ0) is 15.1. The van der Waals surface area contributed by atoms with Crippen LogP contribution in [0, 0.1) is 0 Å². The minimum atomic E-state index is -0.223. The molecule has 0 aliphatic heterocycles. The van der Waals surface area contributed by atoms with Crippen molar-refractivity contribution in [2.45, 2.75) is 0 Å². The van der Waals surface area contributed by atoms with Gasteiger partial charge in [-0.25, -0.2) is 4.98 Å². The zero-order valence-electron chi connectivity index (χ0n) is 11.8. The highest BCUT2D eigenvalue weighted by molar-refractivity contribution is 5.84. The third-order valence-electron chi connectivity index (χ3n) is 3.57. The number of aromatic nitrogens is 2. The number of benzene rings is 2. The third kappa shape index (κ3) is 1.95. The van der Waals surface area contributed by atoms with Crippen LogP contribution in [0.15, 0.2) is 57.7 Å². The fraction of sp³-hybridized carbons (Fsp3) is 0.0588. The van der Waals surface area contributed by atoms with Gasteiger partial charge in [-0.1, -0.05) is 18.2 Å². The summed E-state index contributed by atoms with van der Waals surface area (Å²) >= 11 is 0. The second-order valence-electron chi connectivity index (χ2n) is 4.95. The number of H-pyrrole nitrogens is 1. The van der Waals surface area contributed by atoms with Gasteiger partial charge in [0.1, 0.15) is 11.3 Å². The van der Waals surface area contributed by atoms with Gasteiger partial charge in [0.2, 0.25) is 0 Å². The van der Waals surface area contributed by atoms with Crippen LogP contribution in [0.25, 0.3) is 33.5 Å². The summed E-state index contributed by atoms with van der Waals surface area (Å²) in [6, 6.07) is 14.7. The standard InChI is InChI=1S/C17H12N2O3/c1-21-11-6-7-13-12(9-11)17(20)19-16(18-13)15-8-10-4-2-3-5-14(10)22-15/h2-9H,1H3,(H,18,19,20). The summed E-state index contributed by atoms with van der Waals surface area (Å²) in [5.41, 5.74) is 1.13. The summed E-state index contributed by atoms with van der Waals surface area (Å²) in [6.45, 7) is 0. The summed E-state index contributed by atoms with van der Waals surface area (Å²) < 4.78 is 10.9. The lowest BCUT2D eigenvalue weighted by atomic mass is 10.2. The molecule has 4 rings (SSSR count). The van der Waals surface area contributed by atoms with Gasteiger partial charge in [0.05, 0.1) is 18.0 Å². The molecule has 2 heterocycles.